The van der Waals surface area contributed by atoms with Crippen LogP contribution in [0, 0.1) is 0 Å². The van der Waals surface area contributed by atoms with Gasteiger partial charge in [0.2, 0.25) is 5.88 Å². The van der Waals surface area contributed by atoms with Crippen molar-refractivity contribution in [3.8, 4) is 5.88 Å². The fraction of sp³-hybridized carbons (Fsp3) is 0.500. The standard InChI is InChI=1S/C10H14N2O4/c1-2-3-15-4-5-16-9-7-11-8(6-12-9)10(13)14/h6-7H,2-5H2,1H3,(H,13,14). The third kappa shape index (κ3) is 4.22. The van der Waals surface area contributed by atoms with Gasteiger partial charge in [0.05, 0.1) is 19.0 Å². The zero-order valence-corrected chi connectivity index (χ0v) is 9.05. The Labute approximate surface area is 93.2 Å². The van der Waals surface area contributed by atoms with Gasteiger partial charge in [-0.3, -0.25) is 0 Å². The summed E-state index contributed by atoms with van der Waals surface area (Å²) in [4.78, 5) is 17.9. The van der Waals surface area contributed by atoms with Gasteiger partial charge in [-0.05, 0) is 6.42 Å². The highest BCUT2D eigenvalue weighted by molar-refractivity contribution is 5.84. The second kappa shape index (κ2) is 6.73. The lowest BCUT2D eigenvalue weighted by Gasteiger charge is -2.05. The summed E-state index contributed by atoms with van der Waals surface area (Å²) in [6, 6.07) is 0. The molecule has 0 fully saturated rings. The third-order valence-corrected chi connectivity index (χ3v) is 1.67. The fourth-order valence-electron chi connectivity index (χ4n) is 0.953. The lowest BCUT2D eigenvalue weighted by atomic mass is 10.5. The quantitative estimate of drug-likeness (QED) is 0.698. The minimum absolute atomic E-state index is 0.102. The molecule has 0 aliphatic carbocycles. The van der Waals surface area contributed by atoms with E-state index in [0.717, 1.165) is 12.6 Å². The molecule has 0 unspecified atom stereocenters. The van der Waals surface area contributed by atoms with Crippen molar-refractivity contribution >= 4 is 5.97 Å². The van der Waals surface area contributed by atoms with Gasteiger partial charge in [-0.1, -0.05) is 6.92 Å². The highest BCUT2D eigenvalue weighted by Gasteiger charge is 2.04. The van der Waals surface area contributed by atoms with Crippen LogP contribution in [-0.4, -0.2) is 40.9 Å². The number of carboxylic acid groups (broad SMARTS) is 1. The molecule has 1 aromatic rings. The van der Waals surface area contributed by atoms with E-state index < -0.39 is 5.97 Å². The van der Waals surface area contributed by atoms with Crippen molar-refractivity contribution in [1.29, 1.82) is 0 Å². The van der Waals surface area contributed by atoms with Gasteiger partial charge in [0.15, 0.2) is 5.69 Å². The molecule has 0 saturated heterocycles. The molecule has 0 spiro atoms. The van der Waals surface area contributed by atoms with E-state index in [2.05, 4.69) is 9.97 Å². The molecular weight excluding hydrogens is 212 g/mol. The SMILES string of the molecule is CCCOCCOc1cnc(C(=O)O)cn1. The summed E-state index contributed by atoms with van der Waals surface area (Å²) in [6.45, 7) is 3.58. The Morgan fingerprint density at radius 3 is 2.69 bits per heavy atom. The maximum Gasteiger partial charge on any atom is 0.356 e. The van der Waals surface area contributed by atoms with Gasteiger partial charge >= 0.3 is 5.97 Å². The Hall–Kier alpha value is -1.69. The number of hydrogen-bond donors (Lipinski definition) is 1. The van der Waals surface area contributed by atoms with Crippen molar-refractivity contribution in [2.45, 2.75) is 13.3 Å². The van der Waals surface area contributed by atoms with Crippen molar-refractivity contribution in [3.05, 3.63) is 18.1 Å². The summed E-state index contributed by atoms with van der Waals surface area (Å²) in [5, 5.41) is 8.59. The van der Waals surface area contributed by atoms with Crippen LogP contribution in [0.2, 0.25) is 0 Å². The maximum atomic E-state index is 10.5. The molecule has 1 heterocycles. The number of nitrogens with zero attached hydrogens (tertiary/aromatic N) is 2. The van der Waals surface area contributed by atoms with Gasteiger partial charge in [-0.2, -0.15) is 0 Å². The van der Waals surface area contributed by atoms with Gasteiger partial charge < -0.3 is 14.6 Å². The number of ether oxygens (including phenoxy) is 2. The first-order chi connectivity index (χ1) is 7.74. The van der Waals surface area contributed by atoms with Gasteiger partial charge in [-0.25, -0.2) is 14.8 Å². The second-order valence-electron chi connectivity index (χ2n) is 3.01. The molecule has 6 heteroatoms. The molecule has 0 saturated carbocycles. The second-order valence-corrected chi connectivity index (χ2v) is 3.01. The van der Waals surface area contributed by atoms with Crippen LogP contribution in [0.4, 0.5) is 0 Å². The van der Waals surface area contributed by atoms with E-state index in [0.29, 0.717) is 25.7 Å². The summed E-state index contributed by atoms with van der Waals surface area (Å²) < 4.78 is 10.4. The molecule has 0 radical (unpaired) electrons. The highest BCUT2D eigenvalue weighted by Crippen LogP contribution is 2.03. The Balaban J connectivity index is 2.29. The smallest absolute Gasteiger partial charge is 0.356 e. The number of aromatic carboxylic acids is 1. The van der Waals surface area contributed by atoms with E-state index >= 15 is 0 Å². The summed E-state index contributed by atoms with van der Waals surface area (Å²) in [6.07, 6.45) is 3.40. The summed E-state index contributed by atoms with van der Waals surface area (Å²) in [5.41, 5.74) is -0.102. The molecule has 0 aliphatic heterocycles. The molecule has 1 rings (SSSR count). The largest absolute Gasteiger partial charge is 0.476 e. The van der Waals surface area contributed by atoms with Crippen molar-refractivity contribution < 1.29 is 19.4 Å². The molecule has 16 heavy (non-hydrogen) atoms. The van der Waals surface area contributed by atoms with E-state index in [1.807, 2.05) is 6.92 Å². The van der Waals surface area contributed by atoms with Crippen LogP contribution in [0.1, 0.15) is 23.8 Å². The van der Waals surface area contributed by atoms with Gasteiger partial charge in [0.1, 0.15) is 6.61 Å². The van der Waals surface area contributed by atoms with Crippen molar-refractivity contribution in [2.75, 3.05) is 19.8 Å². The van der Waals surface area contributed by atoms with Crippen LogP contribution in [0.15, 0.2) is 12.4 Å². The zero-order chi connectivity index (χ0) is 11.8. The van der Waals surface area contributed by atoms with E-state index in [9.17, 15) is 4.79 Å². The number of carboxylic acids is 1. The Bertz CT molecular complexity index is 326. The molecular formula is C10H14N2O4. The molecule has 6 nitrogen and oxygen atoms in total. The average Bonchev–Trinajstić information content (AvgIpc) is 2.29. The van der Waals surface area contributed by atoms with Crippen LogP contribution >= 0.6 is 0 Å². The van der Waals surface area contributed by atoms with Crippen LogP contribution in [-0.2, 0) is 4.74 Å². The van der Waals surface area contributed by atoms with Crippen molar-refractivity contribution in [3.63, 3.8) is 0 Å². The van der Waals surface area contributed by atoms with E-state index in [4.69, 9.17) is 14.6 Å². The topological polar surface area (TPSA) is 81.5 Å². The highest BCUT2D eigenvalue weighted by atomic mass is 16.5. The van der Waals surface area contributed by atoms with Crippen LogP contribution < -0.4 is 4.74 Å². The molecule has 88 valence electrons. The lowest BCUT2D eigenvalue weighted by molar-refractivity contribution is 0.0689. The summed E-state index contributed by atoms with van der Waals surface area (Å²) >= 11 is 0. The molecule has 0 aliphatic rings. The summed E-state index contributed by atoms with van der Waals surface area (Å²) in [7, 11) is 0. The van der Waals surface area contributed by atoms with Crippen LogP contribution in [0.5, 0.6) is 5.88 Å². The Kier molecular flexibility index (Phi) is 5.21. The first kappa shape index (κ1) is 12.4. The summed E-state index contributed by atoms with van der Waals surface area (Å²) in [5.74, 6) is -0.810. The predicted octanol–water partition coefficient (Wildman–Crippen LogP) is 0.980. The monoisotopic (exact) mass is 226 g/mol. The molecule has 0 amide bonds. The molecule has 1 aromatic heterocycles. The number of rotatable bonds is 7. The molecule has 0 atom stereocenters. The molecule has 1 N–H and O–H groups in total. The Morgan fingerprint density at radius 1 is 1.31 bits per heavy atom. The number of aromatic nitrogens is 2. The van der Waals surface area contributed by atoms with E-state index in [1.165, 1.54) is 6.20 Å². The van der Waals surface area contributed by atoms with E-state index in [-0.39, 0.29) is 5.69 Å². The zero-order valence-electron chi connectivity index (χ0n) is 9.05. The minimum atomic E-state index is -1.11. The van der Waals surface area contributed by atoms with Crippen molar-refractivity contribution in [1.82, 2.24) is 9.97 Å². The predicted molar refractivity (Wildman–Crippen MR) is 55.6 cm³/mol. The number of hydrogen-bond acceptors (Lipinski definition) is 5. The van der Waals surface area contributed by atoms with Crippen molar-refractivity contribution in [2.24, 2.45) is 0 Å². The third-order valence-electron chi connectivity index (χ3n) is 1.67. The van der Waals surface area contributed by atoms with Gasteiger partial charge in [0, 0.05) is 6.61 Å². The number of carbonyl (C=O) groups is 1. The Morgan fingerprint density at radius 2 is 2.12 bits per heavy atom. The van der Waals surface area contributed by atoms with Gasteiger partial charge in [-0.15, -0.1) is 0 Å². The lowest BCUT2D eigenvalue weighted by Crippen LogP contribution is -2.09. The van der Waals surface area contributed by atoms with Crippen LogP contribution in [0.25, 0.3) is 0 Å². The molecule has 0 bridgehead atoms. The molecule has 0 aromatic carbocycles. The van der Waals surface area contributed by atoms with E-state index in [1.54, 1.807) is 0 Å². The maximum absolute atomic E-state index is 10.5. The first-order valence-electron chi connectivity index (χ1n) is 5.00. The average molecular weight is 226 g/mol. The van der Waals surface area contributed by atoms with Gasteiger partial charge in [0.25, 0.3) is 0 Å². The fourth-order valence-corrected chi connectivity index (χ4v) is 0.953. The minimum Gasteiger partial charge on any atom is -0.476 e. The first-order valence-corrected chi connectivity index (χ1v) is 5.00. The van der Waals surface area contributed by atoms with Crippen LogP contribution in [0.3, 0.4) is 0 Å². The normalized spacial score (nSPS) is 10.1.